The van der Waals surface area contributed by atoms with Gasteiger partial charge in [0.1, 0.15) is 17.8 Å². The molecule has 1 aliphatic carbocycles. The molecule has 5 rings (SSSR count). The van der Waals surface area contributed by atoms with Crippen molar-refractivity contribution in [3.05, 3.63) is 29.8 Å². The standard InChI is InChI=1S/C30H45N5O5.2C2HF3O2/c1-3-39-22-15-21-16-35(30(38)27(33-28(36)19(2)31)20-9-5-4-6-10-20)25(18-34(21)17-22)29(37)32-24-13-14-40-26-12-8-7-11-23(24)26;2*3-2(4,5)1(6)7/h7-8,11-12,19-22,24-25,27H,3-6,9-10,13-18,31H2,1-2H3,(H,32,37)(H,33,36);2*(H,6,7)/t19-,21+,22+,24+,25-,27-;;/m0../s1. The van der Waals surface area contributed by atoms with Crippen molar-refractivity contribution in [2.24, 2.45) is 11.7 Å². The molecule has 3 aliphatic heterocycles. The Morgan fingerprint density at radius 1 is 0.944 bits per heavy atom. The van der Waals surface area contributed by atoms with Crippen molar-refractivity contribution >= 4 is 29.7 Å². The van der Waals surface area contributed by atoms with Crippen LogP contribution in [0, 0.1) is 5.92 Å². The highest BCUT2D eigenvalue weighted by molar-refractivity contribution is 5.93. The molecule has 1 saturated carbocycles. The molecule has 54 heavy (non-hydrogen) atoms. The molecule has 0 unspecified atom stereocenters. The van der Waals surface area contributed by atoms with E-state index in [-0.39, 0.29) is 41.8 Å². The lowest BCUT2D eigenvalue weighted by Gasteiger charge is -2.45. The molecule has 20 heteroatoms. The van der Waals surface area contributed by atoms with Crippen LogP contribution < -0.4 is 21.1 Å². The summed E-state index contributed by atoms with van der Waals surface area (Å²) in [7, 11) is 0. The molecule has 6 N–H and O–H groups in total. The van der Waals surface area contributed by atoms with Crippen molar-refractivity contribution in [2.75, 3.05) is 32.8 Å². The van der Waals surface area contributed by atoms with Gasteiger partial charge in [0.15, 0.2) is 0 Å². The zero-order valence-electron chi connectivity index (χ0n) is 29.8. The van der Waals surface area contributed by atoms with Crippen molar-refractivity contribution in [3.63, 3.8) is 0 Å². The Morgan fingerprint density at radius 2 is 1.54 bits per heavy atom. The van der Waals surface area contributed by atoms with E-state index in [1.165, 1.54) is 0 Å². The number of piperazine rings is 1. The molecule has 0 radical (unpaired) electrons. The van der Waals surface area contributed by atoms with Crippen molar-refractivity contribution in [3.8, 4) is 5.75 Å². The normalized spacial score (nSPS) is 24.1. The third kappa shape index (κ3) is 12.4. The number of nitrogens with zero attached hydrogens (tertiary/aromatic N) is 2. The maximum Gasteiger partial charge on any atom is 0.490 e. The fourth-order valence-corrected chi connectivity index (χ4v) is 6.92. The van der Waals surface area contributed by atoms with E-state index in [0.717, 1.165) is 56.4 Å². The molecule has 1 aromatic rings. The fraction of sp³-hybridized carbons (Fsp3) is 0.676. The van der Waals surface area contributed by atoms with Crippen molar-refractivity contribution in [2.45, 2.75) is 107 Å². The number of hydrogen-bond acceptors (Lipinski definition) is 9. The first-order chi connectivity index (χ1) is 25.2. The summed E-state index contributed by atoms with van der Waals surface area (Å²) >= 11 is 0. The van der Waals surface area contributed by atoms with Crippen LogP contribution in [0.5, 0.6) is 5.75 Å². The smallest absolute Gasteiger partial charge is 0.490 e. The van der Waals surface area contributed by atoms with Crippen LogP contribution in [0.4, 0.5) is 26.3 Å². The molecule has 0 spiro atoms. The summed E-state index contributed by atoms with van der Waals surface area (Å²) in [6.45, 7) is 6.39. The van der Waals surface area contributed by atoms with Gasteiger partial charge in [-0.15, -0.1) is 0 Å². The molecule has 304 valence electrons. The molecular formula is C34H47F6N5O9. The third-order valence-electron chi connectivity index (χ3n) is 9.53. The van der Waals surface area contributed by atoms with Gasteiger partial charge in [-0.25, -0.2) is 9.59 Å². The van der Waals surface area contributed by atoms with Gasteiger partial charge in [-0.2, -0.15) is 26.3 Å². The SMILES string of the molecule is CCO[C@@H]1C[C@@H]2CN(C(=O)[C@@H](NC(=O)[C@H](C)N)C3CCCCC3)[C@H](C(=O)N[C@@H]3CCOc4ccccc43)CN2C1.O=C(O)C(F)(F)F.O=C(O)C(F)(F)F. The zero-order chi connectivity index (χ0) is 40.4. The van der Waals surface area contributed by atoms with E-state index < -0.39 is 42.4 Å². The number of para-hydroxylation sites is 1. The quantitative estimate of drug-likeness (QED) is 0.243. The Kier molecular flexibility index (Phi) is 15.9. The number of amides is 3. The minimum atomic E-state index is -5.08. The maximum absolute atomic E-state index is 14.4. The highest BCUT2D eigenvalue weighted by Crippen LogP contribution is 2.34. The number of rotatable bonds is 8. The lowest BCUT2D eigenvalue weighted by Crippen LogP contribution is -2.66. The first kappa shape index (κ1) is 44.2. The lowest BCUT2D eigenvalue weighted by molar-refractivity contribution is -0.193. The Morgan fingerprint density at radius 3 is 2.09 bits per heavy atom. The van der Waals surface area contributed by atoms with Gasteiger partial charge in [-0.1, -0.05) is 37.5 Å². The van der Waals surface area contributed by atoms with Gasteiger partial charge in [0, 0.05) is 44.3 Å². The summed E-state index contributed by atoms with van der Waals surface area (Å²) in [5.74, 6) is -5.37. The van der Waals surface area contributed by atoms with Crippen LogP contribution in [0.25, 0.3) is 0 Å². The Bertz CT molecular complexity index is 1430. The number of carboxylic acids is 2. The predicted molar refractivity (Wildman–Crippen MR) is 178 cm³/mol. The van der Waals surface area contributed by atoms with Gasteiger partial charge < -0.3 is 41.0 Å². The summed E-state index contributed by atoms with van der Waals surface area (Å²) in [4.78, 5) is 63.0. The number of aliphatic carboxylic acids is 2. The molecule has 4 aliphatic rings. The van der Waals surface area contributed by atoms with Crippen LogP contribution in [-0.4, -0.2) is 125 Å². The number of hydrogen-bond donors (Lipinski definition) is 5. The van der Waals surface area contributed by atoms with Gasteiger partial charge in [0.25, 0.3) is 0 Å². The number of ether oxygens (including phenoxy) is 2. The first-order valence-electron chi connectivity index (χ1n) is 17.6. The second kappa shape index (κ2) is 19.4. The average Bonchev–Trinajstić information content (AvgIpc) is 3.51. The molecular weight excluding hydrogens is 736 g/mol. The zero-order valence-corrected chi connectivity index (χ0v) is 29.8. The summed E-state index contributed by atoms with van der Waals surface area (Å²) in [5.41, 5.74) is 6.85. The monoisotopic (exact) mass is 783 g/mol. The molecule has 3 fully saturated rings. The van der Waals surface area contributed by atoms with Crippen molar-refractivity contribution in [1.82, 2.24) is 20.4 Å². The number of carbonyl (C=O) groups excluding carboxylic acids is 3. The van der Waals surface area contributed by atoms with Crippen LogP contribution in [0.3, 0.4) is 0 Å². The number of benzene rings is 1. The van der Waals surface area contributed by atoms with E-state index in [1.807, 2.05) is 31.2 Å². The van der Waals surface area contributed by atoms with E-state index in [9.17, 15) is 40.7 Å². The van der Waals surface area contributed by atoms with Gasteiger partial charge >= 0.3 is 24.3 Å². The van der Waals surface area contributed by atoms with E-state index in [2.05, 4.69) is 15.5 Å². The number of carboxylic acid groups (broad SMARTS) is 2. The van der Waals surface area contributed by atoms with E-state index in [1.54, 1.807) is 11.8 Å². The minimum Gasteiger partial charge on any atom is -0.493 e. The number of alkyl halides is 6. The summed E-state index contributed by atoms with van der Waals surface area (Å²) < 4.78 is 75.2. The first-order valence-corrected chi connectivity index (χ1v) is 17.6. The number of fused-ring (bicyclic) bond motifs is 2. The number of carbonyl (C=O) groups is 5. The molecule has 2 saturated heterocycles. The molecule has 14 nitrogen and oxygen atoms in total. The maximum atomic E-state index is 14.4. The molecule has 3 amide bonds. The molecule has 6 atom stereocenters. The lowest BCUT2D eigenvalue weighted by atomic mass is 9.82. The average molecular weight is 784 g/mol. The summed E-state index contributed by atoms with van der Waals surface area (Å²) in [6.07, 6.45) is -3.65. The second-order valence-electron chi connectivity index (χ2n) is 13.4. The van der Waals surface area contributed by atoms with Gasteiger partial charge in [0.2, 0.25) is 17.7 Å². The Labute approximate surface area is 307 Å². The molecule has 0 aromatic heterocycles. The number of halogens is 6. The number of nitrogens with two attached hydrogens (primary N) is 1. The van der Waals surface area contributed by atoms with Crippen LogP contribution in [0.1, 0.15) is 70.4 Å². The van der Waals surface area contributed by atoms with Crippen LogP contribution in [0.2, 0.25) is 0 Å². The van der Waals surface area contributed by atoms with E-state index >= 15 is 0 Å². The van der Waals surface area contributed by atoms with E-state index in [0.29, 0.717) is 32.7 Å². The van der Waals surface area contributed by atoms with E-state index in [4.69, 9.17) is 35.0 Å². The largest absolute Gasteiger partial charge is 0.493 e. The molecule has 1 aromatic carbocycles. The Balaban J connectivity index is 0.000000476. The fourth-order valence-electron chi connectivity index (χ4n) is 6.92. The van der Waals surface area contributed by atoms with Gasteiger partial charge in [0.05, 0.1) is 24.8 Å². The third-order valence-corrected chi connectivity index (χ3v) is 9.53. The topological polar surface area (TPSA) is 201 Å². The highest BCUT2D eigenvalue weighted by atomic mass is 19.4. The van der Waals surface area contributed by atoms with Crippen molar-refractivity contribution in [1.29, 1.82) is 0 Å². The molecule has 0 bridgehead atoms. The van der Waals surface area contributed by atoms with Crippen LogP contribution >= 0.6 is 0 Å². The van der Waals surface area contributed by atoms with Gasteiger partial charge in [-0.3, -0.25) is 19.3 Å². The van der Waals surface area contributed by atoms with Crippen LogP contribution in [0.15, 0.2) is 24.3 Å². The minimum absolute atomic E-state index is 0.0350. The summed E-state index contributed by atoms with van der Waals surface area (Å²) in [5, 5.41) is 20.5. The highest BCUT2D eigenvalue weighted by Gasteiger charge is 2.47. The predicted octanol–water partition coefficient (Wildman–Crippen LogP) is 3.00. The molecule has 3 heterocycles. The van der Waals surface area contributed by atoms with Gasteiger partial charge in [-0.05, 0) is 45.1 Å². The Hall–Kier alpha value is -4.17. The number of nitrogens with one attached hydrogen (secondary N) is 2. The van der Waals surface area contributed by atoms with Crippen molar-refractivity contribution < 1.29 is 70.0 Å². The van der Waals surface area contributed by atoms with Crippen LogP contribution in [-0.2, 0) is 28.7 Å². The summed E-state index contributed by atoms with van der Waals surface area (Å²) in [6, 6.07) is 5.63. The second-order valence-corrected chi connectivity index (χ2v) is 13.4.